The van der Waals surface area contributed by atoms with Gasteiger partial charge in [0.15, 0.2) is 23.0 Å². The topological polar surface area (TPSA) is 102 Å². The molecule has 0 unspecified atom stereocenters. The van der Waals surface area contributed by atoms with Gasteiger partial charge >= 0.3 is 6.18 Å². The Labute approximate surface area is 221 Å². The molecular weight excluding hydrogens is 520 g/mol. The van der Waals surface area contributed by atoms with Crippen molar-refractivity contribution in [3.8, 4) is 0 Å². The molecule has 0 aromatic carbocycles. The molecule has 5 rings (SSSR count). The molecule has 9 nitrogen and oxygen atoms in total. The number of carbonyl (C=O) groups excluding carboxylic acids is 1. The van der Waals surface area contributed by atoms with E-state index in [2.05, 4.69) is 20.3 Å². The number of morpholine rings is 1. The van der Waals surface area contributed by atoms with E-state index >= 15 is 4.39 Å². The maximum Gasteiger partial charge on any atom is 0.433 e. The molecule has 2 fully saturated rings. The number of fused-ring (bicyclic) bond motifs is 1. The smallest absolute Gasteiger partial charge is 0.372 e. The summed E-state index contributed by atoms with van der Waals surface area (Å²) in [6.07, 6.45) is -2.45. The predicted octanol–water partition coefficient (Wildman–Crippen LogP) is 4.41. The average Bonchev–Trinajstić information content (AvgIpc) is 3.68. The van der Waals surface area contributed by atoms with E-state index in [1.807, 2.05) is 13.8 Å². The number of halogens is 4. The number of nitrogens with zero attached hydrogens (tertiary/aromatic N) is 5. The minimum Gasteiger partial charge on any atom is -0.372 e. The van der Waals surface area contributed by atoms with Crippen molar-refractivity contribution in [2.24, 2.45) is 0 Å². The first-order chi connectivity index (χ1) is 18.3. The van der Waals surface area contributed by atoms with E-state index in [4.69, 9.17) is 4.74 Å². The van der Waals surface area contributed by atoms with E-state index < -0.39 is 35.2 Å². The summed E-state index contributed by atoms with van der Waals surface area (Å²) in [5.41, 5.74) is -2.33. The summed E-state index contributed by atoms with van der Waals surface area (Å²) in [6, 6.07) is 0.948. The van der Waals surface area contributed by atoms with E-state index in [9.17, 15) is 22.8 Å². The average molecular weight is 549 g/mol. The molecule has 3 atom stereocenters. The number of ether oxygens (including phenoxy) is 1. The lowest BCUT2D eigenvalue weighted by atomic mass is 10.0. The van der Waals surface area contributed by atoms with Gasteiger partial charge in [0.1, 0.15) is 5.82 Å². The van der Waals surface area contributed by atoms with Crippen molar-refractivity contribution in [2.75, 3.05) is 18.4 Å². The number of aromatic nitrogens is 4. The van der Waals surface area contributed by atoms with Crippen molar-refractivity contribution < 1.29 is 27.1 Å². The first kappa shape index (κ1) is 27.0. The molecular formula is C26H28F4N6O3. The lowest BCUT2D eigenvalue weighted by Crippen LogP contribution is -2.48. The molecule has 3 aromatic rings. The van der Waals surface area contributed by atoms with Crippen molar-refractivity contribution in [2.45, 2.75) is 71.0 Å². The van der Waals surface area contributed by atoms with Crippen LogP contribution < -0.4 is 10.9 Å². The van der Waals surface area contributed by atoms with Crippen molar-refractivity contribution in [3.63, 3.8) is 0 Å². The molecule has 4 heterocycles. The van der Waals surface area contributed by atoms with Gasteiger partial charge in [-0.2, -0.15) is 13.2 Å². The summed E-state index contributed by atoms with van der Waals surface area (Å²) in [5, 5.41) is 2.60. The molecule has 3 aromatic heterocycles. The maximum atomic E-state index is 15.0. The molecule has 1 aliphatic heterocycles. The molecule has 1 N–H and O–H groups in total. The number of alkyl halides is 3. The molecule has 13 heteroatoms. The highest BCUT2D eigenvalue weighted by Gasteiger charge is 2.38. The first-order valence-electron chi connectivity index (χ1n) is 12.7. The zero-order chi connectivity index (χ0) is 28.2. The van der Waals surface area contributed by atoms with Crippen molar-refractivity contribution in [1.82, 2.24) is 24.4 Å². The van der Waals surface area contributed by atoms with E-state index in [0.717, 1.165) is 25.0 Å². The van der Waals surface area contributed by atoms with Crippen LogP contribution in [-0.2, 0) is 10.9 Å². The van der Waals surface area contributed by atoms with Gasteiger partial charge in [-0.15, -0.1) is 0 Å². The van der Waals surface area contributed by atoms with Crippen molar-refractivity contribution >= 4 is 22.8 Å². The van der Waals surface area contributed by atoms with Crippen LogP contribution in [0.2, 0.25) is 0 Å². The van der Waals surface area contributed by atoms with Crippen molar-refractivity contribution in [1.29, 1.82) is 0 Å². The van der Waals surface area contributed by atoms with Crippen LogP contribution in [0, 0.1) is 12.7 Å². The van der Waals surface area contributed by atoms with E-state index in [1.54, 1.807) is 11.8 Å². The molecule has 39 heavy (non-hydrogen) atoms. The number of pyridine rings is 2. The largest absolute Gasteiger partial charge is 0.433 e. The monoisotopic (exact) mass is 548 g/mol. The van der Waals surface area contributed by atoms with Crippen LogP contribution in [-0.4, -0.2) is 55.6 Å². The van der Waals surface area contributed by atoms with Gasteiger partial charge in [0, 0.05) is 30.9 Å². The van der Waals surface area contributed by atoms with E-state index in [-0.39, 0.29) is 46.2 Å². The lowest BCUT2D eigenvalue weighted by molar-refractivity contribution is -0.141. The number of carbonyl (C=O) groups is 1. The highest BCUT2D eigenvalue weighted by Crippen LogP contribution is 2.37. The number of rotatable bonds is 5. The quantitative estimate of drug-likeness (QED) is 0.472. The molecule has 0 radical (unpaired) electrons. The normalized spacial score (nSPS) is 20.8. The second-order valence-corrected chi connectivity index (χ2v) is 10.2. The van der Waals surface area contributed by atoms with Gasteiger partial charge < -0.3 is 15.0 Å². The summed E-state index contributed by atoms with van der Waals surface area (Å²) in [6.45, 7) is 7.30. The fourth-order valence-electron chi connectivity index (χ4n) is 5.04. The summed E-state index contributed by atoms with van der Waals surface area (Å²) < 4.78 is 64.1. The fourth-order valence-corrected chi connectivity index (χ4v) is 5.04. The first-order valence-corrected chi connectivity index (χ1v) is 12.7. The van der Waals surface area contributed by atoms with Gasteiger partial charge in [-0.1, -0.05) is 0 Å². The Kier molecular flexibility index (Phi) is 6.81. The summed E-state index contributed by atoms with van der Waals surface area (Å²) in [5.74, 6) is -1.36. The fraction of sp³-hybridized carbons (Fsp3) is 0.500. The van der Waals surface area contributed by atoms with Crippen LogP contribution in [0.5, 0.6) is 0 Å². The van der Waals surface area contributed by atoms with Crippen molar-refractivity contribution in [3.05, 3.63) is 57.1 Å². The van der Waals surface area contributed by atoms with Crippen LogP contribution in [0.3, 0.4) is 0 Å². The zero-order valence-corrected chi connectivity index (χ0v) is 21.8. The summed E-state index contributed by atoms with van der Waals surface area (Å²) >= 11 is 0. The van der Waals surface area contributed by atoms with Crippen LogP contribution in [0.1, 0.15) is 73.1 Å². The molecule has 208 valence electrons. The van der Waals surface area contributed by atoms with Crippen LogP contribution in [0.25, 0.3) is 11.0 Å². The van der Waals surface area contributed by atoms with Gasteiger partial charge in [-0.25, -0.2) is 19.3 Å². The molecule has 1 saturated heterocycles. The molecule has 1 saturated carbocycles. The number of hydrogen-bond acceptors (Lipinski definition) is 7. The number of hydrogen-bond donors (Lipinski definition) is 1. The molecule has 0 bridgehead atoms. The van der Waals surface area contributed by atoms with Gasteiger partial charge in [-0.05, 0) is 52.7 Å². The molecule has 2 aliphatic rings. The standard InChI is InChI=1S/C26H28F4N6O3/c1-12-10-35(11-13(2)39-12)24(37)16-7-20(27)23(31-9-16)32-14(3)18-8-19-22(34-21(18)26(28,29)30)33-15(4)36(25(19)38)17-5-6-17/h7-9,12-14,17H,5-6,10-11H2,1-4H3,(H,31,32)/t12-,13+,14-/m1/s1. The van der Waals surface area contributed by atoms with Gasteiger partial charge in [-0.3, -0.25) is 14.2 Å². The van der Waals surface area contributed by atoms with Crippen LogP contribution in [0.15, 0.2) is 23.1 Å². The number of aryl methyl sites for hydroxylation is 1. The van der Waals surface area contributed by atoms with Gasteiger partial charge in [0.2, 0.25) is 0 Å². The lowest BCUT2D eigenvalue weighted by Gasteiger charge is -2.35. The Morgan fingerprint density at radius 1 is 1.15 bits per heavy atom. The third-order valence-corrected chi connectivity index (χ3v) is 6.89. The maximum absolute atomic E-state index is 15.0. The third-order valence-electron chi connectivity index (χ3n) is 6.89. The molecule has 1 amide bonds. The Balaban J connectivity index is 1.46. The van der Waals surface area contributed by atoms with Gasteiger partial charge in [0.05, 0.1) is 29.2 Å². The van der Waals surface area contributed by atoms with Gasteiger partial charge in [0.25, 0.3) is 11.5 Å². The second-order valence-electron chi connectivity index (χ2n) is 10.2. The van der Waals surface area contributed by atoms with E-state index in [1.165, 1.54) is 17.7 Å². The van der Waals surface area contributed by atoms with E-state index in [0.29, 0.717) is 18.9 Å². The highest BCUT2D eigenvalue weighted by molar-refractivity contribution is 5.94. The predicted molar refractivity (Wildman–Crippen MR) is 134 cm³/mol. The number of amides is 1. The number of anilines is 1. The van der Waals surface area contributed by atoms with Crippen LogP contribution >= 0.6 is 0 Å². The van der Waals surface area contributed by atoms with Crippen LogP contribution in [0.4, 0.5) is 23.4 Å². The Morgan fingerprint density at radius 2 is 1.82 bits per heavy atom. The molecule has 1 aliphatic carbocycles. The Hall–Kier alpha value is -3.61. The highest BCUT2D eigenvalue weighted by atomic mass is 19.4. The SMILES string of the molecule is Cc1nc2nc(C(F)(F)F)c([C@@H](C)Nc3ncc(C(=O)N4C[C@@H](C)O[C@@H](C)C4)cc3F)cc2c(=O)n1C1CC1. The Bertz CT molecular complexity index is 1490. The summed E-state index contributed by atoms with van der Waals surface area (Å²) in [4.78, 5) is 39.4. The molecule has 0 spiro atoms. The second kappa shape index (κ2) is 9.85. The number of nitrogens with one attached hydrogen (secondary N) is 1. The Morgan fingerprint density at radius 3 is 2.41 bits per heavy atom. The third kappa shape index (κ3) is 5.32. The minimum atomic E-state index is -4.85. The zero-order valence-electron chi connectivity index (χ0n) is 21.8. The summed E-state index contributed by atoms with van der Waals surface area (Å²) in [7, 11) is 0. The minimum absolute atomic E-state index is 0.0115.